The zero-order valence-corrected chi connectivity index (χ0v) is 14.3. The molecule has 0 fully saturated rings. The molecule has 1 aromatic heterocycles. The van der Waals surface area contributed by atoms with Gasteiger partial charge in [0.1, 0.15) is 0 Å². The average molecular weight is 376 g/mol. The molecule has 0 aliphatic carbocycles. The van der Waals surface area contributed by atoms with Gasteiger partial charge in [0.05, 0.1) is 22.8 Å². The van der Waals surface area contributed by atoms with Crippen LogP contribution in [0.5, 0.6) is 0 Å². The van der Waals surface area contributed by atoms with E-state index in [2.05, 4.69) is 15.3 Å². The van der Waals surface area contributed by atoms with Gasteiger partial charge >= 0.3 is 6.18 Å². The molecule has 24 heavy (non-hydrogen) atoms. The van der Waals surface area contributed by atoms with Crippen LogP contribution < -0.4 is 5.32 Å². The van der Waals surface area contributed by atoms with Crippen molar-refractivity contribution in [3.63, 3.8) is 0 Å². The van der Waals surface area contributed by atoms with E-state index in [1.165, 1.54) is 30.1 Å². The van der Waals surface area contributed by atoms with Gasteiger partial charge in [-0.25, -0.2) is 9.97 Å². The van der Waals surface area contributed by atoms with Crippen LogP contribution in [0.1, 0.15) is 34.6 Å². The van der Waals surface area contributed by atoms with Crippen molar-refractivity contribution in [2.45, 2.75) is 24.3 Å². The highest BCUT2D eigenvalue weighted by atomic mass is 35.5. The number of hydrogen-bond donors (Lipinski definition) is 1. The molecule has 1 unspecified atom stereocenters. The van der Waals surface area contributed by atoms with Crippen molar-refractivity contribution in [2.24, 2.45) is 0 Å². The quantitative estimate of drug-likeness (QED) is 0.637. The lowest BCUT2D eigenvalue weighted by molar-refractivity contribution is -0.137. The van der Waals surface area contributed by atoms with Crippen molar-refractivity contribution in [1.29, 1.82) is 0 Å². The fourth-order valence-corrected chi connectivity index (χ4v) is 2.44. The van der Waals surface area contributed by atoms with Crippen LogP contribution in [0.25, 0.3) is 0 Å². The largest absolute Gasteiger partial charge is 0.416 e. The second-order valence-corrected chi connectivity index (χ2v) is 6.05. The number of nitrogens with one attached hydrogen (secondary N) is 1. The normalized spacial score (nSPS) is 12.8. The Morgan fingerprint density at radius 1 is 1.29 bits per heavy atom. The number of nitrogens with zero attached hydrogens (tertiary/aromatic N) is 2. The average Bonchev–Trinajstić information content (AvgIpc) is 2.54. The Morgan fingerprint density at radius 3 is 2.46 bits per heavy atom. The van der Waals surface area contributed by atoms with Crippen molar-refractivity contribution in [2.75, 3.05) is 6.26 Å². The molecule has 0 bridgehead atoms. The Balaban J connectivity index is 2.14. The second-order valence-electron chi connectivity index (χ2n) is 4.87. The number of carbonyl (C=O) groups is 1. The first-order valence-corrected chi connectivity index (χ1v) is 8.37. The smallest absolute Gasteiger partial charge is 0.344 e. The van der Waals surface area contributed by atoms with Crippen LogP contribution in [0.2, 0.25) is 5.02 Å². The van der Waals surface area contributed by atoms with E-state index in [4.69, 9.17) is 11.6 Å². The molecular weight excluding hydrogens is 363 g/mol. The molecule has 4 nitrogen and oxygen atoms in total. The van der Waals surface area contributed by atoms with Gasteiger partial charge in [-0.2, -0.15) is 13.2 Å². The lowest BCUT2D eigenvalue weighted by Gasteiger charge is -2.15. The molecule has 2 aromatic rings. The van der Waals surface area contributed by atoms with E-state index < -0.39 is 23.7 Å². The van der Waals surface area contributed by atoms with Gasteiger partial charge in [0.15, 0.2) is 10.9 Å². The highest BCUT2D eigenvalue weighted by molar-refractivity contribution is 7.98. The Bertz CT molecular complexity index is 738. The minimum Gasteiger partial charge on any atom is -0.344 e. The number of benzene rings is 1. The van der Waals surface area contributed by atoms with Crippen LogP contribution in [0, 0.1) is 0 Å². The minimum atomic E-state index is -4.40. The summed E-state index contributed by atoms with van der Waals surface area (Å²) in [6.45, 7) is 1.66. The number of aromatic nitrogens is 2. The fourth-order valence-electron chi connectivity index (χ4n) is 1.92. The van der Waals surface area contributed by atoms with Crippen molar-refractivity contribution in [3.05, 3.63) is 52.3 Å². The lowest BCUT2D eigenvalue weighted by Crippen LogP contribution is -2.28. The zero-order chi connectivity index (χ0) is 17.9. The van der Waals surface area contributed by atoms with E-state index in [9.17, 15) is 18.0 Å². The molecular formula is C15H13ClF3N3OS. The van der Waals surface area contributed by atoms with Crippen LogP contribution in [-0.2, 0) is 6.18 Å². The molecule has 0 saturated carbocycles. The maximum absolute atomic E-state index is 12.6. The monoisotopic (exact) mass is 375 g/mol. The van der Waals surface area contributed by atoms with E-state index in [0.717, 1.165) is 12.1 Å². The third kappa shape index (κ3) is 4.39. The number of hydrogen-bond acceptors (Lipinski definition) is 4. The van der Waals surface area contributed by atoms with Crippen LogP contribution in [-0.4, -0.2) is 22.1 Å². The number of thioether (sulfide) groups is 1. The molecule has 0 spiro atoms. The molecule has 0 aliphatic rings. The first-order valence-electron chi connectivity index (χ1n) is 6.77. The molecule has 0 saturated heterocycles. The highest BCUT2D eigenvalue weighted by Gasteiger charge is 2.30. The minimum absolute atomic E-state index is 0.0229. The molecule has 1 aromatic carbocycles. The summed E-state index contributed by atoms with van der Waals surface area (Å²) in [6.07, 6.45) is -1.30. The van der Waals surface area contributed by atoms with Gasteiger partial charge in [0.25, 0.3) is 5.91 Å². The van der Waals surface area contributed by atoms with Crippen LogP contribution in [0.15, 0.2) is 35.6 Å². The van der Waals surface area contributed by atoms with Gasteiger partial charge < -0.3 is 5.32 Å². The summed E-state index contributed by atoms with van der Waals surface area (Å²) >= 11 is 7.19. The summed E-state index contributed by atoms with van der Waals surface area (Å²) in [4.78, 5) is 20.3. The van der Waals surface area contributed by atoms with Crippen molar-refractivity contribution < 1.29 is 18.0 Å². The number of alkyl halides is 3. The van der Waals surface area contributed by atoms with Gasteiger partial charge in [0.2, 0.25) is 0 Å². The standard InChI is InChI=1S/C15H13ClF3N3OS/c1-8(9-3-5-10(6-4-9)15(17,18)19)21-13(23)12-11(16)7-20-14(22-12)24-2/h3-8H,1-2H3,(H,21,23). The van der Waals surface area contributed by atoms with Gasteiger partial charge in [-0.15, -0.1) is 0 Å². The van der Waals surface area contributed by atoms with E-state index in [1.54, 1.807) is 13.2 Å². The number of carbonyl (C=O) groups excluding carboxylic acids is 1. The maximum atomic E-state index is 12.6. The zero-order valence-electron chi connectivity index (χ0n) is 12.7. The van der Waals surface area contributed by atoms with Gasteiger partial charge in [-0.3, -0.25) is 4.79 Å². The Kier molecular flexibility index (Phi) is 5.71. The Hall–Kier alpha value is -1.80. The Morgan fingerprint density at radius 2 is 1.92 bits per heavy atom. The topological polar surface area (TPSA) is 54.9 Å². The van der Waals surface area contributed by atoms with E-state index in [0.29, 0.717) is 10.7 Å². The summed E-state index contributed by atoms with van der Waals surface area (Å²) in [6, 6.07) is 4.08. The predicted octanol–water partition coefficient (Wildman–Crippen LogP) is 4.36. The van der Waals surface area contributed by atoms with Gasteiger partial charge in [-0.1, -0.05) is 35.5 Å². The lowest BCUT2D eigenvalue weighted by atomic mass is 10.1. The van der Waals surface area contributed by atoms with E-state index in [1.807, 2.05) is 0 Å². The first-order chi connectivity index (χ1) is 11.2. The van der Waals surface area contributed by atoms with Gasteiger partial charge in [0, 0.05) is 0 Å². The van der Waals surface area contributed by atoms with Crippen LogP contribution in [0.4, 0.5) is 13.2 Å². The van der Waals surface area contributed by atoms with E-state index in [-0.39, 0.29) is 10.7 Å². The molecule has 2 rings (SSSR count). The first kappa shape index (κ1) is 18.5. The summed E-state index contributed by atoms with van der Waals surface area (Å²) in [5.41, 5.74) is -0.186. The SMILES string of the molecule is CSc1ncc(Cl)c(C(=O)NC(C)c2ccc(C(F)(F)F)cc2)n1. The molecule has 1 heterocycles. The third-order valence-corrected chi connectivity index (χ3v) is 4.04. The summed E-state index contributed by atoms with van der Waals surface area (Å²) in [5.74, 6) is -0.523. The molecule has 0 aliphatic heterocycles. The molecule has 1 atom stereocenters. The number of amides is 1. The predicted molar refractivity (Wildman–Crippen MR) is 86.1 cm³/mol. The number of halogens is 4. The van der Waals surface area contributed by atoms with Crippen LogP contribution >= 0.6 is 23.4 Å². The second kappa shape index (κ2) is 7.40. The van der Waals surface area contributed by atoms with E-state index >= 15 is 0 Å². The number of rotatable bonds is 4. The van der Waals surface area contributed by atoms with Crippen LogP contribution in [0.3, 0.4) is 0 Å². The molecule has 1 amide bonds. The molecule has 9 heteroatoms. The van der Waals surface area contributed by atoms with Crippen molar-refractivity contribution >= 4 is 29.3 Å². The summed E-state index contributed by atoms with van der Waals surface area (Å²) in [5, 5.41) is 3.16. The highest BCUT2D eigenvalue weighted by Crippen LogP contribution is 2.30. The summed E-state index contributed by atoms with van der Waals surface area (Å²) in [7, 11) is 0. The third-order valence-electron chi connectivity index (χ3n) is 3.21. The van der Waals surface area contributed by atoms with Crippen molar-refractivity contribution in [1.82, 2.24) is 15.3 Å². The maximum Gasteiger partial charge on any atom is 0.416 e. The fraction of sp³-hybridized carbons (Fsp3) is 0.267. The Labute approximate surface area is 145 Å². The molecule has 0 radical (unpaired) electrons. The molecule has 128 valence electrons. The molecule has 1 N–H and O–H groups in total. The van der Waals surface area contributed by atoms with Crippen molar-refractivity contribution in [3.8, 4) is 0 Å². The van der Waals surface area contributed by atoms with Gasteiger partial charge in [-0.05, 0) is 30.9 Å². The summed E-state index contributed by atoms with van der Waals surface area (Å²) < 4.78 is 37.7.